The van der Waals surface area contributed by atoms with Crippen LogP contribution in [0.5, 0.6) is 0 Å². The highest BCUT2D eigenvalue weighted by Crippen LogP contribution is 2.15. The Kier molecular flexibility index (Phi) is 3.43. The van der Waals surface area contributed by atoms with E-state index in [0.29, 0.717) is 12.8 Å². The van der Waals surface area contributed by atoms with Crippen LogP contribution >= 0.6 is 0 Å². The van der Waals surface area contributed by atoms with Gasteiger partial charge >= 0.3 is 0 Å². The van der Waals surface area contributed by atoms with Crippen LogP contribution in [0.25, 0.3) is 0 Å². The molecule has 0 spiro atoms. The SMILES string of the molecule is Cn1ncnc1CC(C)(N)Cc1ccc(F)cc1. The van der Waals surface area contributed by atoms with Crippen molar-refractivity contribution in [2.45, 2.75) is 25.3 Å². The Labute approximate surface area is 106 Å². The first kappa shape index (κ1) is 12.7. The van der Waals surface area contributed by atoms with Gasteiger partial charge in [0.05, 0.1) is 0 Å². The molecule has 2 rings (SSSR count). The van der Waals surface area contributed by atoms with Crippen LogP contribution in [0.1, 0.15) is 18.3 Å². The molecule has 0 amide bonds. The van der Waals surface area contributed by atoms with Crippen LogP contribution in [0.3, 0.4) is 0 Å². The van der Waals surface area contributed by atoms with Gasteiger partial charge in [-0.25, -0.2) is 9.37 Å². The molecule has 1 heterocycles. The Morgan fingerprint density at radius 2 is 1.94 bits per heavy atom. The third-order valence-corrected chi connectivity index (χ3v) is 2.89. The first-order chi connectivity index (χ1) is 8.46. The molecule has 0 saturated carbocycles. The predicted molar refractivity (Wildman–Crippen MR) is 67.4 cm³/mol. The van der Waals surface area contributed by atoms with Crippen molar-refractivity contribution in [1.82, 2.24) is 14.8 Å². The fourth-order valence-corrected chi connectivity index (χ4v) is 1.97. The maximum absolute atomic E-state index is 12.8. The average Bonchev–Trinajstić information content (AvgIpc) is 2.67. The zero-order chi connectivity index (χ0) is 13.2. The van der Waals surface area contributed by atoms with Crippen molar-refractivity contribution >= 4 is 0 Å². The van der Waals surface area contributed by atoms with E-state index in [9.17, 15) is 4.39 Å². The number of aryl methyl sites for hydroxylation is 1. The average molecular weight is 248 g/mol. The van der Waals surface area contributed by atoms with Gasteiger partial charge in [-0.15, -0.1) is 0 Å². The maximum atomic E-state index is 12.8. The van der Waals surface area contributed by atoms with Gasteiger partial charge in [-0.1, -0.05) is 12.1 Å². The fraction of sp³-hybridized carbons (Fsp3) is 0.385. The lowest BCUT2D eigenvalue weighted by Crippen LogP contribution is -2.41. The van der Waals surface area contributed by atoms with E-state index in [1.165, 1.54) is 18.5 Å². The monoisotopic (exact) mass is 248 g/mol. The van der Waals surface area contributed by atoms with Crippen molar-refractivity contribution in [3.05, 3.63) is 47.8 Å². The number of rotatable bonds is 4. The Balaban J connectivity index is 2.07. The Morgan fingerprint density at radius 1 is 1.28 bits per heavy atom. The van der Waals surface area contributed by atoms with E-state index in [2.05, 4.69) is 10.1 Å². The van der Waals surface area contributed by atoms with Crippen molar-refractivity contribution in [3.63, 3.8) is 0 Å². The summed E-state index contributed by atoms with van der Waals surface area (Å²) in [6.45, 7) is 1.96. The molecule has 5 heteroatoms. The number of aromatic nitrogens is 3. The Morgan fingerprint density at radius 3 is 2.50 bits per heavy atom. The molecule has 0 aliphatic heterocycles. The van der Waals surface area contributed by atoms with Crippen LogP contribution < -0.4 is 5.73 Å². The molecular weight excluding hydrogens is 231 g/mol. The summed E-state index contributed by atoms with van der Waals surface area (Å²) in [6, 6.07) is 6.43. The minimum absolute atomic E-state index is 0.231. The first-order valence-corrected chi connectivity index (χ1v) is 5.82. The molecule has 18 heavy (non-hydrogen) atoms. The molecule has 96 valence electrons. The molecule has 2 N–H and O–H groups in total. The van der Waals surface area contributed by atoms with Crippen molar-refractivity contribution in [3.8, 4) is 0 Å². The number of nitrogens with zero attached hydrogens (tertiary/aromatic N) is 3. The van der Waals surface area contributed by atoms with Gasteiger partial charge in [0.2, 0.25) is 0 Å². The highest BCUT2D eigenvalue weighted by atomic mass is 19.1. The molecule has 1 unspecified atom stereocenters. The van der Waals surface area contributed by atoms with E-state index in [4.69, 9.17) is 5.73 Å². The van der Waals surface area contributed by atoms with Gasteiger partial charge in [-0.3, -0.25) is 4.68 Å². The zero-order valence-electron chi connectivity index (χ0n) is 10.6. The van der Waals surface area contributed by atoms with Gasteiger partial charge in [-0.2, -0.15) is 5.10 Å². The van der Waals surface area contributed by atoms with Crippen LogP contribution in [0, 0.1) is 5.82 Å². The van der Waals surface area contributed by atoms with Gasteiger partial charge in [0.1, 0.15) is 18.0 Å². The van der Waals surface area contributed by atoms with Crippen LogP contribution in [0.4, 0.5) is 4.39 Å². The highest BCUT2D eigenvalue weighted by Gasteiger charge is 2.22. The lowest BCUT2D eigenvalue weighted by Gasteiger charge is -2.24. The van der Waals surface area contributed by atoms with E-state index < -0.39 is 5.54 Å². The summed E-state index contributed by atoms with van der Waals surface area (Å²) in [7, 11) is 1.84. The van der Waals surface area contributed by atoms with Gasteiger partial charge in [0.15, 0.2) is 0 Å². The topological polar surface area (TPSA) is 56.7 Å². The quantitative estimate of drug-likeness (QED) is 0.891. The van der Waals surface area contributed by atoms with Gasteiger partial charge in [0.25, 0.3) is 0 Å². The molecular formula is C13H17FN4. The molecule has 4 nitrogen and oxygen atoms in total. The largest absolute Gasteiger partial charge is 0.325 e. The van der Waals surface area contributed by atoms with Gasteiger partial charge < -0.3 is 5.73 Å². The first-order valence-electron chi connectivity index (χ1n) is 5.82. The van der Waals surface area contributed by atoms with Gasteiger partial charge in [0, 0.05) is 19.0 Å². The number of benzene rings is 1. The Hall–Kier alpha value is -1.75. The van der Waals surface area contributed by atoms with Crippen molar-refractivity contribution in [2.75, 3.05) is 0 Å². The highest BCUT2D eigenvalue weighted by molar-refractivity contribution is 5.19. The molecule has 0 aliphatic carbocycles. The molecule has 0 saturated heterocycles. The molecule has 0 radical (unpaired) electrons. The van der Waals surface area contributed by atoms with E-state index in [1.54, 1.807) is 16.8 Å². The van der Waals surface area contributed by atoms with Crippen LogP contribution in [0.15, 0.2) is 30.6 Å². The van der Waals surface area contributed by atoms with Gasteiger partial charge in [-0.05, 0) is 31.0 Å². The van der Waals surface area contributed by atoms with E-state index >= 15 is 0 Å². The molecule has 1 aromatic heterocycles. The summed E-state index contributed by atoms with van der Waals surface area (Å²) in [4.78, 5) is 4.17. The molecule has 0 bridgehead atoms. The Bertz CT molecular complexity index is 516. The summed E-state index contributed by atoms with van der Waals surface area (Å²) < 4.78 is 14.5. The smallest absolute Gasteiger partial charge is 0.138 e. The molecule has 1 aromatic carbocycles. The van der Waals surface area contributed by atoms with Crippen LogP contribution in [-0.4, -0.2) is 20.3 Å². The summed E-state index contributed by atoms with van der Waals surface area (Å²) in [5, 5.41) is 4.02. The zero-order valence-corrected chi connectivity index (χ0v) is 10.6. The second-order valence-electron chi connectivity index (χ2n) is 4.93. The third kappa shape index (κ3) is 3.13. The number of nitrogens with two attached hydrogens (primary N) is 1. The van der Waals surface area contributed by atoms with E-state index in [1.807, 2.05) is 14.0 Å². The minimum Gasteiger partial charge on any atom is -0.325 e. The molecule has 0 fully saturated rings. The lowest BCUT2D eigenvalue weighted by atomic mass is 9.90. The van der Waals surface area contributed by atoms with Crippen molar-refractivity contribution in [2.24, 2.45) is 12.8 Å². The van der Waals surface area contributed by atoms with Crippen molar-refractivity contribution < 1.29 is 4.39 Å². The van der Waals surface area contributed by atoms with Crippen LogP contribution in [-0.2, 0) is 19.9 Å². The summed E-state index contributed by atoms with van der Waals surface area (Å²) in [5.41, 5.74) is 6.86. The summed E-state index contributed by atoms with van der Waals surface area (Å²) >= 11 is 0. The maximum Gasteiger partial charge on any atom is 0.138 e. The second-order valence-corrected chi connectivity index (χ2v) is 4.93. The number of hydrogen-bond acceptors (Lipinski definition) is 3. The minimum atomic E-state index is -0.432. The predicted octanol–water partition coefficient (Wildman–Crippen LogP) is 1.46. The third-order valence-electron chi connectivity index (χ3n) is 2.89. The molecule has 0 aliphatic rings. The van der Waals surface area contributed by atoms with Crippen molar-refractivity contribution in [1.29, 1.82) is 0 Å². The molecule has 2 aromatic rings. The van der Waals surface area contributed by atoms with Crippen LogP contribution in [0.2, 0.25) is 0 Å². The second kappa shape index (κ2) is 4.86. The summed E-state index contributed by atoms with van der Waals surface area (Å²) in [5.74, 6) is 0.618. The fourth-order valence-electron chi connectivity index (χ4n) is 1.97. The molecule has 1 atom stereocenters. The summed E-state index contributed by atoms with van der Waals surface area (Å²) in [6.07, 6.45) is 2.81. The number of hydrogen-bond donors (Lipinski definition) is 1. The van der Waals surface area contributed by atoms with E-state index in [0.717, 1.165) is 11.4 Å². The lowest BCUT2D eigenvalue weighted by molar-refractivity contribution is 0.441. The normalized spacial score (nSPS) is 14.4. The standard InChI is InChI=1S/C13H17FN4/c1-13(15,8-12-16-9-17-18(12)2)7-10-3-5-11(14)6-4-10/h3-6,9H,7-8,15H2,1-2H3. The number of halogens is 1. The van der Waals surface area contributed by atoms with E-state index in [-0.39, 0.29) is 5.82 Å².